The summed E-state index contributed by atoms with van der Waals surface area (Å²) in [5, 5.41) is 11.7. The van der Waals surface area contributed by atoms with Crippen molar-refractivity contribution in [2.24, 2.45) is 5.92 Å². The molecule has 1 aliphatic heterocycles. The van der Waals surface area contributed by atoms with Crippen LogP contribution in [0.4, 0.5) is 0 Å². The molecule has 19 heavy (non-hydrogen) atoms. The smallest absolute Gasteiger partial charge is 0.332 e. The number of rotatable bonds is 8. The van der Waals surface area contributed by atoms with Gasteiger partial charge in [-0.25, -0.2) is 4.79 Å². The van der Waals surface area contributed by atoms with Crippen LogP contribution in [0.5, 0.6) is 0 Å². The SMILES string of the molecule is CCCCC(CC)C(=O)NCC1CCC(C(=O)O)O1. The molecular weight excluding hydrogens is 246 g/mol. The maximum Gasteiger partial charge on any atom is 0.332 e. The summed E-state index contributed by atoms with van der Waals surface area (Å²) in [6, 6.07) is 0. The highest BCUT2D eigenvalue weighted by atomic mass is 16.5. The van der Waals surface area contributed by atoms with E-state index in [4.69, 9.17) is 9.84 Å². The minimum Gasteiger partial charge on any atom is -0.479 e. The molecular formula is C14H25NO4. The standard InChI is InChI=1S/C14H25NO4/c1-3-5-6-10(4-2)13(16)15-9-11-7-8-12(19-11)14(17)18/h10-12H,3-9H2,1-2H3,(H,15,16)(H,17,18). The van der Waals surface area contributed by atoms with Gasteiger partial charge in [0.05, 0.1) is 6.10 Å². The van der Waals surface area contributed by atoms with Gasteiger partial charge < -0.3 is 15.2 Å². The van der Waals surface area contributed by atoms with E-state index in [1.54, 1.807) is 0 Å². The molecule has 5 heteroatoms. The molecule has 0 spiro atoms. The molecule has 1 saturated heterocycles. The zero-order valence-corrected chi connectivity index (χ0v) is 11.9. The topological polar surface area (TPSA) is 75.6 Å². The predicted octanol–water partition coefficient (Wildman–Crippen LogP) is 1.95. The minimum atomic E-state index is -0.914. The Bertz CT molecular complexity index is 306. The molecule has 1 fully saturated rings. The van der Waals surface area contributed by atoms with E-state index in [0.717, 1.165) is 25.7 Å². The van der Waals surface area contributed by atoms with Crippen molar-refractivity contribution in [2.75, 3.05) is 6.54 Å². The van der Waals surface area contributed by atoms with E-state index in [1.807, 2.05) is 6.92 Å². The first-order valence-corrected chi connectivity index (χ1v) is 7.24. The van der Waals surface area contributed by atoms with E-state index < -0.39 is 12.1 Å². The van der Waals surface area contributed by atoms with E-state index in [-0.39, 0.29) is 17.9 Å². The van der Waals surface area contributed by atoms with Crippen LogP contribution < -0.4 is 5.32 Å². The molecule has 1 amide bonds. The second-order valence-corrected chi connectivity index (χ2v) is 5.15. The van der Waals surface area contributed by atoms with Crippen molar-refractivity contribution in [3.63, 3.8) is 0 Å². The molecule has 0 bridgehead atoms. The van der Waals surface area contributed by atoms with E-state index in [2.05, 4.69) is 12.2 Å². The third-order valence-corrected chi connectivity index (χ3v) is 3.66. The van der Waals surface area contributed by atoms with Gasteiger partial charge in [-0.3, -0.25) is 4.79 Å². The monoisotopic (exact) mass is 271 g/mol. The highest BCUT2D eigenvalue weighted by molar-refractivity contribution is 5.78. The average molecular weight is 271 g/mol. The third-order valence-electron chi connectivity index (χ3n) is 3.66. The summed E-state index contributed by atoms with van der Waals surface area (Å²) in [7, 11) is 0. The summed E-state index contributed by atoms with van der Waals surface area (Å²) < 4.78 is 5.35. The third kappa shape index (κ3) is 5.19. The van der Waals surface area contributed by atoms with Crippen LogP contribution in [-0.4, -0.2) is 35.7 Å². The molecule has 0 saturated carbocycles. The highest BCUT2D eigenvalue weighted by Gasteiger charge is 2.30. The van der Waals surface area contributed by atoms with Crippen LogP contribution in [0, 0.1) is 5.92 Å². The van der Waals surface area contributed by atoms with Crippen molar-refractivity contribution in [1.82, 2.24) is 5.32 Å². The average Bonchev–Trinajstić information content (AvgIpc) is 2.86. The van der Waals surface area contributed by atoms with Crippen molar-refractivity contribution in [3.8, 4) is 0 Å². The van der Waals surface area contributed by atoms with E-state index in [1.165, 1.54) is 0 Å². The number of hydrogen-bond acceptors (Lipinski definition) is 3. The largest absolute Gasteiger partial charge is 0.479 e. The predicted molar refractivity (Wildman–Crippen MR) is 71.8 cm³/mol. The van der Waals surface area contributed by atoms with Gasteiger partial charge in [0.2, 0.25) is 5.91 Å². The van der Waals surface area contributed by atoms with Crippen molar-refractivity contribution in [2.45, 2.75) is 64.6 Å². The van der Waals surface area contributed by atoms with Gasteiger partial charge in [0, 0.05) is 12.5 Å². The molecule has 0 aromatic heterocycles. The Balaban J connectivity index is 2.28. The molecule has 2 N–H and O–H groups in total. The summed E-state index contributed by atoms with van der Waals surface area (Å²) in [6.45, 7) is 4.56. The first kappa shape index (κ1) is 16.0. The van der Waals surface area contributed by atoms with E-state index in [9.17, 15) is 9.59 Å². The van der Waals surface area contributed by atoms with Crippen LogP contribution in [0.15, 0.2) is 0 Å². The Morgan fingerprint density at radius 1 is 1.37 bits per heavy atom. The second-order valence-electron chi connectivity index (χ2n) is 5.15. The van der Waals surface area contributed by atoms with Gasteiger partial charge in [-0.2, -0.15) is 0 Å². The second kappa shape index (κ2) is 8.15. The molecule has 0 aromatic carbocycles. The van der Waals surface area contributed by atoms with Gasteiger partial charge in [-0.05, 0) is 25.7 Å². The fourth-order valence-corrected chi connectivity index (χ4v) is 2.37. The minimum absolute atomic E-state index is 0.0663. The van der Waals surface area contributed by atoms with Crippen LogP contribution in [0.25, 0.3) is 0 Å². The summed E-state index contributed by atoms with van der Waals surface area (Å²) in [6.07, 6.45) is 4.28. The Hall–Kier alpha value is -1.10. The Labute approximate surface area is 114 Å². The number of unbranched alkanes of at least 4 members (excludes halogenated alkanes) is 1. The van der Waals surface area contributed by atoms with Crippen molar-refractivity contribution < 1.29 is 19.4 Å². The van der Waals surface area contributed by atoms with Gasteiger partial charge in [0.1, 0.15) is 0 Å². The molecule has 1 rings (SSSR count). The quantitative estimate of drug-likeness (QED) is 0.707. The maximum absolute atomic E-state index is 12.0. The Morgan fingerprint density at radius 3 is 2.63 bits per heavy atom. The number of carbonyl (C=O) groups excluding carboxylic acids is 1. The summed E-state index contributed by atoms with van der Waals surface area (Å²) in [4.78, 5) is 22.7. The molecule has 0 radical (unpaired) electrons. The van der Waals surface area contributed by atoms with Crippen LogP contribution >= 0.6 is 0 Å². The summed E-state index contributed by atoms with van der Waals surface area (Å²) >= 11 is 0. The fraction of sp³-hybridized carbons (Fsp3) is 0.857. The van der Waals surface area contributed by atoms with Crippen LogP contribution in [0.3, 0.4) is 0 Å². The van der Waals surface area contributed by atoms with Crippen molar-refractivity contribution in [3.05, 3.63) is 0 Å². The molecule has 3 atom stereocenters. The molecule has 0 aliphatic carbocycles. The number of ether oxygens (including phenoxy) is 1. The van der Waals surface area contributed by atoms with Gasteiger partial charge in [-0.1, -0.05) is 26.7 Å². The maximum atomic E-state index is 12.0. The first-order valence-electron chi connectivity index (χ1n) is 7.24. The number of carboxylic acids is 1. The fourth-order valence-electron chi connectivity index (χ4n) is 2.37. The van der Waals surface area contributed by atoms with Crippen LogP contribution in [0.2, 0.25) is 0 Å². The Morgan fingerprint density at radius 2 is 2.11 bits per heavy atom. The van der Waals surface area contributed by atoms with Gasteiger partial charge in [-0.15, -0.1) is 0 Å². The van der Waals surface area contributed by atoms with Crippen LogP contribution in [-0.2, 0) is 14.3 Å². The zero-order chi connectivity index (χ0) is 14.3. The van der Waals surface area contributed by atoms with Gasteiger partial charge in [0.25, 0.3) is 0 Å². The lowest BCUT2D eigenvalue weighted by atomic mass is 9.98. The molecule has 3 unspecified atom stereocenters. The first-order chi connectivity index (χ1) is 9.08. The number of nitrogens with one attached hydrogen (secondary N) is 1. The number of carboxylic acid groups (broad SMARTS) is 1. The van der Waals surface area contributed by atoms with Crippen molar-refractivity contribution >= 4 is 11.9 Å². The molecule has 110 valence electrons. The number of aliphatic carboxylic acids is 1. The summed E-state index contributed by atoms with van der Waals surface area (Å²) in [5.74, 6) is -0.779. The summed E-state index contributed by atoms with van der Waals surface area (Å²) in [5.41, 5.74) is 0. The number of hydrogen-bond donors (Lipinski definition) is 2. The van der Waals surface area contributed by atoms with Gasteiger partial charge >= 0.3 is 5.97 Å². The van der Waals surface area contributed by atoms with Crippen LogP contribution in [0.1, 0.15) is 52.4 Å². The Kier molecular flexibility index (Phi) is 6.84. The van der Waals surface area contributed by atoms with Crippen molar-refractivity contribution in [1.29, 1.82) is 0 Å². The lowest BCUT2D eigenvalue weighted by Crippen LogP contribution is -2.36. The number of carbonyl (C=O) groups is 2. The lowest BCUT2D eigenvalue weighted by molar-refractivity contribution is -0.149. The van der Waals surface area contributed by atoms with E-state index in [0.29, 0.717) is 19.4 Å². The molecule has 1 heterocycles. The number of amides is 1. The zero-order valence-electron chi connectivity index (χ0n) is 11.9. The molecule has 0 aromatic rings. The van der Waals surface area contributed by atoms with Gasteiger partial charge in [0.15, 0.2) is 6.10 Å². The lowest BCUT2D eigenvalue weighted by Gasteiger charge is -2.17. The van der Waals surface area contributed by atoms with E-state index >= 15 is 0 Å². The molecule has 5 nitrogen and oxygen atoms in total. The highest BCUT2D eigenvalue weighted by Crippen LogP contribution is 2.19. The molecule has 1 aliphatic rings. The normalized spacial score (nSPS) is 24.1.